The number of aldehydes is 1. The lowest BCUT2D eigenvalue weighted by Gasteiger charge is -2.13. The summed E-state index contributed by atoms with van der Waals surface area (Å²) in [5.41, 5.74) is 2.22. The minimum atomic E-state index is -2.32. The molecule has 0 unspecified atom stereocenters. The molecule has 1 amide bonds. The Morgan fingerprint density at radius 2 is 1.59 bits per heavy atom. The van der Waals surface area contributed by atoms with Gasteiger partial charge in [0.25, 0.3) is 5.91 Å². The minimum Gasteiger partial charge on any atom is -0.493 e. The first-order chi connectivity index (χ1) is 12.8. The van der Waals surface area contributed by atoms with Gasteiger partial charge in [-0.3, -0.25) is 20.4 Å². The van der Waals surface area contributed by atoms with Gasteiger partial charge in [0, 0.05) is 5.56 Å². The van der Waals surface area contributed by atoms with Crippen molar-refractivity contribution in [3.63, 3.8) is 0 Å². The number of ether oxygens (including phenoxy) is 2. The normalized spacial score (nSPS) is 10.3. The van der Waals surface area contributed by atoms with Crippen LogP contribution in [0.2, 0.25) is 0 Å². The summed E-state index contributed by atoms with van der Waals surface area (Å²) in [6.07, 6.45) is 0.562. The maximum Gasteiger partial charge on any atom is 0.276 e. The predicted octanol–water partition coefficient (Wildman–Crippen LogP) is 2.73. The first-order valence-corrected chi connectivity index (χ1v) is 7.12. The molecule has 11 heteroatoms. The average Bonchev–Trinajstić information content (AvgIpc) is 2.68. The third-order valence-electron chi connectivity index (χ3n) is 3.22. The summed E-state index contributed by atoms with van der Waals surface area (Å²) in [5, 5.41) is 0. The van der Waals surface area contributed by atoms with Crippen molar-refractivity contribution in [3.8, 4) is 11.5 Å². The molecule has 0 aromatic heterocycles. The summed E-state index contributed by atoms with van der Waals surface area (Å²) < 4.78 is 76.1. The van der Waals surface area contributed by atoms with Gasteiger partial charge < -0.3 is 9.47 Å². The second-order valence-electron chi connectivity index (χ2n) is 4.93. The van der Waals surface area contributed by atoms with E-state index in [2.05, 4.69) is 0 Å². The molecule has 6 nitrogen and oxygen atoms in total. The summed E-state index contributed by atoms with van der Waals surface area (Å²) in [7, 11) is 1.29. The van der Waals surface area contributed by atoms with Crippen LogP contribution in [0.5, 0.6) is 11.5 Å². The van der Waals surface area contributed by atoms with Crippen LogP contribution in [0.25, 0.3) is 0 Å². The molecule has 0 spiro atoms. The van der Waals surface area contributed by atoms with Gasteiger partial charge in [0.1, 0.15) is 12.0 Å². The third kappa shape index (κ3) is 4.25. The van der Waals surface area contributed by atoms with E-state index < -0.39 is 47.3 Å². The van der Waals surface area contributed by atoms with Gasteiger partial charge in [-0.25, -0.2) is 22.0 Å². The highest BCUT2D eigenvalue weighted by molar-refractivity contribution is 5.79. The van der Waals surface area contributed by atoms with E-state index in [0.717, 1.165) is 0 Å². The fourth-order valence-corrected chi connectivity index (χ4v) is 1.90. The first-order valence-electron chi connectivity index (χ1n) is 7.12. The summed E-state index contributed by atoms with van der Waals surface area (Å²) in [6, 6.07) is 4.07. The van der Waals surface area contributed by atoms with Crippen LogP contribution in [-0.4, -0.2) is 25.9 Å². The number of carbonyl (C=O) groups is 2. The van der Waals surface area contributed by atoms with E-state index in [4.69, 9.17) is 9.47 Å². The fraction of sp³-hybridized carbons (Fsp3) is 0.125. The number of hydrogen-bond donors (Lipinski definition) is 2. The Kier molecular flexibility index (Phi) is 6.16. The molecule has 0 heterocycles. The monoisotopic (exact) mass is 390 g/mol. The van der Waals surface area contributed by atoms with Gasteiger partial charge in [0.2, 0.25) is 5.82 Å². The highest BCUT2D eigenvalue weighted by Crippen LogP contribution is 2.28. The number of hydrazine groups is 1. The predicted molar refractivity (Wildman–Crippen MR) is 81.9 cm³/mol. The van der Waals surface area contributed by atoms with Crippen LogP contribution >= 0.6 is 0 Å². The van der Waals surface area contributed by atoms with Gasteiger partial charge in [-0.15, -0.1) is 0 Å². The summed E-state index contributed by atoms with van der Waals surface area (Å²) in [4.78, 5) is 22.4. The topological polar surface area (TPSA) is 76.7 Å². The SMILES string of the molecule is COc1cc(C=O)ccc1OCC(=O)NNc1c(F)c(F)c(F)c(F)c1F. The van der Waals surface area contributed by atoms with Gasteiger partial charge in [-0.1, -0.05) is 0 Å². The van der Waals surface area contributed by atoms with Crippen LogP contribution in [0, 0.1) is 29.1 Å². The highest BCUT2D eigenvalue weighted by atomic mass is 19.2. The van der Waals surface area contributed by atoms with Crippen molar-refractivity contribution in [1.29, 1.82) is 0 Å². The molecule has 0 aliphatic rings. The number of rotatable bonds is 7. The van der Waals surface area contributed by atoms with Crippen LogP contribution in [0.15, 0.2) is 18.2 Å². The summed E-state index contributed by atoms with van der Waals surface area (Å²) in [5.74, 6) is -11.7. The van der Waals surface area contributed by atoms with E-state index in [9.17, 15) is 31.5 Å². The number of carbonyl (C=O) groups excluding carboxylic acids is 2. The number of benzene rings is 2. The molecule has 2 N–H and O–H groups in total. The molecule has 0 radical (unpaired) electrons. The van der Waals surface area contributed by atoms with E-state index in [1.807, 2.05) is 0 Å². The second kappa shape index (κ2) is 8.34. The van der Waals surface area contributed by atoms with Gasteiger partial charge >= 0.3 is 0 Å². The third-order valence-corrected chi connectivity index (χ3v) is 3.22. The van der Waals surface area contributed by atoms with Crippen molar-refractivity contribution in [2.75, 3.05) is 19.1 Å². The van der Waals surface area contributed by atoms with Crippen LogP contribution < -0.4 is 20.3 Å². The second-order valence-corrected chi connectivity index (χ2v) is 4.93. The maximum absolute atomic E-state index is 13.5. The average molecular weight is 390 g/mol. The van der Waals surface area contributed by atoms with E-state index in [-0.39, 0.29) is 17.1 Å². The van der Waals surface area contributed by atoms with Crippen molar-refractivity contribution in [1.82, 2.24) is 5.43 Å². The number of halogens is 5. The van der Waals surface area contributed by atoms with Gasteiger partial charge in [0.05, 0.1) is 7.11 Å². The van der Waals surface area contributed by atoms with Crippen molar-refractivity contribution < 1.29 is 41.0 Å². The number of nitrogens with one attached hydrogen (secondary N) is 2. The van der Waals surface area contributed by atoms with Crippen LogP contribution in [0.3, 0.4) is 0 Å². The smallest absolute Gasteiger partial charge is 0.276 e. The molecule has 27 heavy (non-hydrogen) atoms. The number of amides is 1. The Hall–Kier alpha value is -3.37. The molecular weight excluding hydrogens is 379 g/mol. The van der Waals surface area contributed by atoms with Crippen LogP contribution in [0.4, 0.5) is 27.6 Å². The lowest BCUT2D eigenvalue weighted by atomic mass is 10.2. The standard InChI is InChI=1S/C16H11F5N2O4/c1-26-9-4-7(5-24)2-3-8(9)27-6-10(25)22-23-16-14(20)12(18)11(17)13(19)15(16)21/h2-5,23H,6H2,1H3,(H,22,25). The molecule has 0 saturated carbocycles. The Bertz CT molecular complexity index is 863. The van der Waals surface area contributed by atoms with E-state index in [1.165, 1.54) is 25.3 Å². The summed E-state index contributed by atoms with van der Waals surface area (Å²) >= 11 is 0. The highest BCUT2D eigenvalue weighted by Gasteiger charge is 2.26. The molecule has 2 rings (SSSR count). The summed E-state index contributed by atoms with van der Waals surface area (Å²) in [6.45, 7) is -0.695. The molecule has 2 aromatic rings. The van der Waals surface area contributed by atoms with Crippen molar-refractivity contribution >= 4 is 17.9 Å². The molecule has 0 fully saturated rings. The fourth-order valence-electron chi connectivity index (χ4n) is 1.90. The van der Waals surface area contributed by atoms with E-state index >= 15 is 0 Å². The van der Waals surface area contributed by atoms with Crippen molar-refractivity contribution in [2.24, 2.45) is 0 Å². The molecule has 144 valence electrons. The Morgan fingerprint density at radius 1 is 1.00 bits per heavy atom. The van der Waals surface area contributed by atoms with Crippen LogP contribution in [0.1, 0.15) is 10.4 Å². The Balaban J connectivity index is 2.03. The first kappa shape index (κ1) is 19.9. The molecule has 2 aromatic carbocycles. The van der Waals surface area contributed by atoms with Crippen molar-refractivity contribution in [3.05, 3.63) is 52.8 Å². The van der Waals surface area contributed by atoms with Gasteiger partial charge in [-0.05, 0) is 18.2 Å². The van der Waals surface area contributed by atoms with E-state index in [0.29, 0.717) is 6.29 Å². The zero-order chi connectivity index (χ0) is 20.1. The number of methoxy groups -OCH3 is 1. The number of hydrogen-bond acceptors (Lipinski definition) is 5. The molecular formula is C16H11F5N2O4. The zero-order valence-corrected chi connectivity index (χ0v) is 13.5. The lowest BCUT2D eigenvalue weighted by Crippen LogP contribution is -2.34. The molecule has 0 saturated heterocycles. The molecule has 0 bridgehead atoms. The maximum atomic E-state index is 13.5. The van der Waals surface area contributed by atoms with Gasteiger partial charge in [-0.2, -0.15) is 0 Å². The quantitative estimate of drug-likeness (QED) is 0.250. The Labute approximate surface area is 148 Å². The molecule has 0 atom stereocenters. The zero-order valence-electron chi connectivity index (χ0n) is 13.5. The van der Waals surface area contributed by atoms with Crippen LogP contribution in [-0.2, 0) is 4.79 Å². The molecule has 0 aliphatic carbocycles. The number of anilines is 1. The Morgan fingerprint density at radius 3 is 2.15 bits per heavy atom. The largest absolute Gasteiger partial charge is 0.493 e. The van der Waals surface area contributed by atoms with Crippen molar-refractivity contribution in [2.45, 2.75) is 0 Å². The minimum absolute atomic E-state index is 0.0782. The van der Waals surface area contributed by atoms with E-state index in [1.54, 1.807) is 10.9 Å². The lowest BCUT2D eigenvalue weighted by molar-refractivity contribution is -0.122. The van der Waals surface area contributed by atoms with Gasteiger partial charge in [0.15, 0.2) is 41.4 Å². The molecule has 0 aliphatic heterocycles.